The van der Waals surface area contributed by atoms with E-state index in [-0.39, 0.29) is 5.25 Å². The standard InChI is InChI=1S/C11H14N2O2S/c1-8(16(2)14)7-13-11-9-4-6-15-10(9)3-5-12-11/h3-6,8H,7H2,1-2H3,(H,12,13). The first-order valence-corrected chi connectivity index (χ1v) is 6.69. The number of fused-ring (bicyclic) bond motifs is 1. The smallest absolute Gasteiger partial charge is 0.139 e. The summed E-state index contributed by atoms with van der Waals surface area (Å²) in [6.45, 7) is 2.58. The molecule has 2 aromatic rings. The van der Waals surface area contributed by atoms with Gasteiger partial charge in [-0.3, -0.25) is 4.21 Å². The zero-order valence-corrected chi connectivity index (χ0v) is 10.1. The predicted octanol–water partition coefficient (Wildman–Crippen LogP) is 2.01. The molecule has 0 aliphatic heterocycles. The second-order valence-corrected chi connectivity index (χ2v) is 5.48. The summed E-state index contributed by atoms with van der Waals surface area (Å²) in [6.07, 6.45) is 5.04. The lowest BCUT2D eigenvalue weighted by molar-refractivity contribution is 0.615. The Hall–Kier alpha value is -1.36. The summed E-state index contributed by atoms with van der Waals surface area (Å²) in [5.41, 5.74) is 0.808. The first kappa shape index (κ1) is 11.1. The number of nitrogens with one attached hydrogen (secondary N) is 1. The number of pyridine rings is 1. The number of hydrogen-bond donors (Lipinski definition) is 1. The van der Waals surface area contributed by atoms with E-state index in [1.807, 2.05) is 19.1 Å². The van der Waals surface area contributed by atoms with Crippen LogP contribution in [-0.4, -0.2) is 27.2 Å². The first-order chi connectivity index (χ1) is 7.68. The molecule has 16 heavy (non-hydrogen) atoms. The van der Waals surface area contributed by atoms with Gasteiger partial charge in [-0.1, -0.05) is 0 Å². The van der Waals surface area contributed by atoms with E-state index in [1.54, 1.807) is 18.7 Å². The number of aromatic nitrogens is 1. The molecule has 0 spiro atoms. The van der Waals surface area contributed by atoms with Crippen molar-refractivity contribution < 1.29 is 8.63 Å². The Morgan fingerprint density at radius 2 is 2.38 bits per heavy atom. The molecule has 5 heteroatoms. The molecule has 0 saturated heterocycles. The monoisotopic (exact) mass is 238 g/mol. The SMILES string of the molecule is CC(CNc1nccc2occc12)S(C)=O. The van der Waals surface area contributed by atoms with Crippen LogP contribution in [0.4, 0.5) is 5.82 Å². The Morgan fingerprint density at radius 3 is 3.12 bits per heavy atom. The highest BCUT2D eigenvalue weighted by Gasteiger charge is 2.08. The summed E-state index contributed by atoms with van der Waals surface area (Å²) in [4.78, 5) is 4.24. The molecule has 2 heterocycles. The van der Waals surface area contributed by atoms with Crippen LogP contribution in [0.5, 0.6) is 0 Å². The normalized spacial score (nSPS) is 14.9. The number of nitrogens with zero attached hydrogens (tertiary/aromatic N) is 1. The highest BCUT2D eigenvalue weighted by atomic mass is 32.2. The summed E-state index contributed by atoms with van der Waals surface area (Å²) in [7, 11) is -0.822. The van der Waals surface area contributed by atoms with E-state index in [0.29, 0.717) is 6.54 Å². The lowest BCUT2D eigenvalue weighted by atomic mass is 10.3. The topological polar surface area (TPSA) is 55.1 Å². The maximum absolute atomic E-state index is 11.2. The summed E-state index contributed by atoms with van der Waals surface area (Å²) < 4.78 is 16.5. The molecular formula is C11H14N2O2S. The van der Waals surface area contributed by atoms with E-state index in [0.717, 1.165) is 16.8 Å². The third kappa shape index (κ3) is 2.24. The molecule has 0 bridgehead atoms. The maximum atomic E-state index is 11.2. The summed E-state index contributed by atoms with van der Waals surface area (Å²) >= 11 is 0. The molecule has 0 aliphatic carbocycles. The summed E-state index contributed by atoms with van der Waals surface area (Å²) in [5, 5.41) is 4.25. The van der Waals surface area contributed by atoms with Crippen LogP contribution >= 0.6 is 0 Å². The van der Waals surface area contributed by atoms with E-state index in [9.17, 15) is 4.21 Å². The molecule has 0 amide bonds. The van der Waals surface area contributed by atoms with Gasteiger partial charge in [0.25, 0.3) is 0 Å². The molecule has 0 radical (unpaired) electrons. The van der Waals surface area contributed by atoms with Crippen molar-refractivity contribution in [1.82, 2.24) is 4.98 Å². The quantitative estimate of drug-likeness (QED) is 0.885. The minimum Gasteiger partial charge on any atom is -0.464 e. The number of rotatable bonds is 4. The van der Waals surface area contributed by atoms with Crippen molar-refractivity contribution in [3.8, 4) is 0 Å². The molecule has 0 aromatic carbocycles. The minimum atomic E-state index is -0.822. The second-order valence-electron chi connectivity index (χ2n) is 3.68. The Bertz CT molecular complexity index is 509. The number of anilines is 1. The van der Waals surface area contributed by atoms with Crippen molar-refractivity contribution in [3.63, 3.8) is 0 Å². The lowest BCUT2D eigenvalue weighted by Crippen LogP contribution is -2.21. The minimum absolute atomic E-state index is 0.101. The van der Waals surface area contributed by atoms with Gasteiger partial charge in [0.05, 0.1) is 11.6 Å². The molecule has 1 N–H and O–H groups in total. The fourth-order valence-electron chi connectivity index (χ4n) is 1.39. The fraction of sp³-hybridized carbons (Fsp3) is 0.364. The molecule has 86 valence electrons. The van der Waals surface area contributed by atoms with Crippen LogP contribution in [0.1, 0.15) is 6.92 Å². The second kappa shape index (κ2) is 4.65. The molecule has 2 rings (SSSR count). The number of hydrogen-bond acceptors (Lipinski definition) is 4. The molecule has 2 aromatic heterocycles. The van der Waals surface area contributed by atoms with E-state index in [2.05, 4.69) is 10.3 Å². The highest BCUT2D eigenvalue weighted by Crippen LogP contribution is 2.21. The van der Waals surface area contributed by atoms with Crippen molar-refractivity contribution in [2.24, 2.45) is 0 Å². The van der Waals surface area contributed by atoms with Crippen molar-refractivity contribution in [3.05, 3.63) is 24.6 Å². The van der Waals surface area contributed by atoms with Crippen molar-refractivity contribution in [2.45, 2.75) is 12.2 Å². The Morgan fingerprint density at radius 1 is 1.56 bits per heavy atom. The molecule has 0 saturated carbocycles. The first-order valence-electron chi connectivity index (χ1n) is 5.07. The highest BCUT2D eigenvalue weighted by molar-refractivity contribution is 7.84. The Balaban J connectivity index is 2.15. The van der Waals surface area contributed by atoms with Crippen LogP contribution in [0, 0.1) is 0 Å². The van der Waals surface area contributed by atoms with Crippen LogP contribution in [0.3, 0.4) is 0 Å². The van der Waals surface area contributed by atoms with E-state index in [1.165, 1.54) is 0 Å². The average Bonchev–Trinajstić information content (AvgIpc) is 2.73. The van der Waals surface area contributed by atoms with Gasteiger partial charge in [0.15, 0.2) is 0 Å². The van der Waals surface area contributed by atoms with Gasteiger partial charge < -0.3 is 9.73 Å². The third-order valence-corrected chi connectivity index (χ3v) is 3.80. The summed E-state index contributed by atoms with van der Waals surface area (Å²) in [6, 6.07) is 3.69. The Labute approximate surface area is 96.5 Å². The van der Waals surface area contributed by atoms with Gasteiger partial charge in [0.2, 0.25) is 0 Å². The van der Waals surface area contributed by atoms with E-state index >= 15 is 0 Å². The van der Waals surface area contributed by atoms with Gasteiger partial charge in [0.1, 0.15) is 11.4 Å². The van der Waals surface area contributed by atoms with Gasteiger partial charge in [-0.15, -0.1) is 0 Å². The average molecular weight is 238 g/mol. The molecule has 0 aliphatic rings. The van der Waals surface area contributed by atoms with Crippen LogP contribution < -0.4 is 5.32 Å². The van der Waals surface area contributed by atoms with Crippen molar-refractivity contribution in [2.75, 3.05) is 18.1 Å². The molecular weight excluding hydrogens is 224 g/mol. The van der Waals surface area contributed by atoms with Gasteiger partial charge >= 0.3 is 0 Å². The van der Waals surface area contributed by atoms with Gasteiger partial charge in [0, 0.05) is 35.0 Å². The predicted molar refractivity (Wildman–Crippen MR) is 66.0 cm³/mol. The van der Waals surface area contributed by atoms with Gasteiger partial charge in [-0.05, 0) is 19.1 Å². The molecule has 2 unspecified atom stereocenters. The van der Waals surface area contributed by atoms with Crippen molar-refractivity contribution >= 4 is 27.6 Å². The van der Waals surface area contributed by atoms with Crippen LogP contribution in [-0.2, 0) is 10.8 Å². The van der Waals surface area contributed by atoms with Gasteiger partial charge in [-0.2, -0.15) is 0 Å². The lowest BCUT2D eigenvalue weighted by Gasteiger charge is -2.10. The van der Waals surface area contributed by atoms with Crippen LogP contribution in [0.25, 0.3) is 11.0 Å². The summed E-state index contributed by atoms with van der Waals surface area (Å²) in [5.74, 6) is 0.781. The maximum Gasteiger partial charge on any atom is 0.139 e. The van der Waals surface area contributed by atoms with Crippen molar-refractivity contribution in [1.29, 1.82) is 0 Å². The van der Waals surface area contributed by atoms with Crippen LogP contribution in [0.15, 0.2) is 29.0 Å². The van der Waals surface area contributed by atoms with Crippen LogP contribution in [0.2, 0.25) is 0 Å². The zero-order valence-electron chi connectivity index (χ0n) is 9.27. The van der Waals surface area contributed by atoms with E-state index in [4.69, 9.17) is 4.42 Å². The van der Waals surface area contributed by atoms with Gasteiger partial charge in [-0.25, -0.2) is 4.98 Å². The third-order valence-electron chi connectivity index (χ3n) is 2.50. The molecule has 0 fully saturated rings. The Kier molecular flexibility index (Phi) is 3.24. The largest absolute Gasteiger partial charge is 0.464 e. The van der Waals surface area contributed by atoms with E-state index < -0.39 is 10.8 Å². The number of furan rings is 1. The molecule has 2 atom stereocenters. The fourth-order valence-corrected chi connectivity index (χ4v) is 1.71. The molecule has 4 nitrogen and oxygen atoms in total. The zero-order chi connectivity index (χ0) is 11.5.